The molecule has 1 aliphatic heterocycles. The van der Waals surface area contributed by atoms with Gasteiger partial charge in [-0.25, -0.2) is 13.4 Å². The summed E-state index contributed by atoms with van der Waals surface area (Å²) in [6, 6.07) is 1.65. The summed E-state index contributed by atoms with van der Waals surface area (Å²) < 4.78 is 22.7. The van der Waals surface area contributed by atoms with E-state index < -0.39 is 21.0 Å². The molecule has 2 aromatic rings. The van der Waals surface area contributed by atoms with Crippen LogP contribution in [0.4, 0.5) is 0 Å². The molecule has 1 aliphatic rings. The molecule has 1 amide bonds. The molecular weight excluding hydrogens is 332 g/mol. The zero-order chi connectivity index (χ0) is 17.8. The fourth-order valence-electron chi connectivity index (χ4n) is 2.99. The topological polar surface area (TPSA) is 125 Å². The fraction of sp³-hybridized carbons (Fsp3) is 0.533. The first-order chi connectivity index (χ1) is 11.0. The smallest absolute Gasteiger partial charge is 0.253 e. The van der Waals surface area contributed by atoms with E-state index in [2.05, 4.69) is 20.5 Å². The second-order valence-corrected chi connectivity index (χ2v) is 9.40. The number of hydrogen-bond acceptors (Lipinski definition) is 6. The molecule has 130 valence electrons. The molecular formula is C15H20N4O4S. The first kappa shape index (κ1) is 16.8. The summed E-state index contributed by atoms with van der Waals surface area (Å²) in [5, 5.41) is 20.3. The van der Waals surface area contributed by atoms with E-state index in [9.17, 15) is 18.3 Å². The molecule has 3 heterocycles. The minimum atomic E-state index is -3.04. The highest BCUT2D eigenvalue weighted by molar-refractivity contribution is 7.93. The van der Waals surface area contributed by atoms with E-state index in [4.69, 9.17) is 0 Å². The maximum atomic E-state index is 12.4. The Kier molecular flexibility index (Phi) is 3.68. The third-order valence-electron chi connectivity index (χ3n) is 3.85. The highest BCUT2D eigenvalue weighted by Gasteiger charge is 2.45. The highest BCUT2D eigenvalue weighted by atomic mass is 32.2. The number of fused-ring (bicyclic) bond motifs is 1. The average molecular weight is 352 g/mol. The van der Waals surface area contributed by atoms with Crippen LogP contribution in [-0.2, 0) is 16.3 Å². The number of carbonyl (C=O) groups excluding carboxylic acids is 1. The number of amides is 1. The van der Waals surface area contributed by atoms with Gasteiger partial charge in [0.25, 0.3) is 5.91 Å². The number of aliphatic hydroxyl groups is 1. The lowest BCUT2D eigenvalue weighted by atomic mass is 10.0. The van der Waals surface area contributed by atoms with E-state index in [1.165, 1.54) is 6.20 Å². The Hall–Kier alpha value is -2.00. The van der Waals surface area contributed by atoms with Gasteiger partial charge in [0.1, 0.15) is 0 Å². The van der Waals surface area contributed by atoms with Gasteiger partial charge in [-0.05, 0) is 26.8 Å². The molecule has 9 heteroatoms. The summed E-state index contributed by atoms with van der Waals surface area (Å²) in [5.74, 6) is -0.494. The minimum absolute atomic E-state index is 0.0585. The van der Waals surface area contributed by atoms with Crippen molar-refractivity contribution < 1.29 is 18.3 Å². The highest BCUT2D eigenvalue weighted by Crippen LogP contribution is 2.24. The molecule has 0 spiro atoms. The minimum Gasteiger partial charge on any atom is -0.390 e. The van der Waals surface area contributed by atoms with E-state index in [1.807, 2.05) is 0 Å². The van der Waals surface area contributed by atoms with Crippen molar-refractivity contribution in [3.8, 4) is 0 Å². The van der Waals surface area contributed by atoms with Crippen LogP contribution in [0.1, 0.15) is 36.8 Å². The predicted molar refractivity (Wildman–Crippen MR) is 88.4 cm³/mol. The fourth-order valence-corrected chi connectivity index (χ4v) is 4.99. The summed E-state index contributed by atoms with van der Waals surface area (Å²) in [6.07, 6.45) is 1.75. The van der Waals surface area contributed by atoms with Crippen molar-refractivity contribution in [2.45, 2.75) is 38.3 Å². The van der Waals surface area contributed by atoms with Crippen molar-refractivity contribution in [2.24, 2.45) is 0 Å². The number of sulfone groups is 1. The Morgan fingerprint density at radius 2 is 2.12 bits per heavy atom. The van der Waals surface area contributed by atoms with Gasteiger partial charge in [-0.2, -0.15) is 5.10 Å². The van der Waals surface area contributed by atoms with Gasteiger partial charge in [0.15, 0.2) is 15.5 Å². The number of H-pyrrole nitrogens is 1. The normalized spacial score (nSPS) is 19.0. The van der Waals surface area contributed by atoms with E-state index in [0.717, 1.165) is 0 Å². The van der Waals surface area contributed by atoms with Crippen LogP contribution in [0.2, 0.25) is 0 Å². The van der Waals surface area contributed by atoms with E-state index in [-0.39, 0.29) is 17.4 Å². The van der Waals surface area contributed by atoms with Gasteiger partial charge in [0, 0.05) is 23.7 Å². The van der Waals surface area contributed by atoms with Crippen molar-refractivity contribution >= 4 is 26.8 Å². The van der Waals surface area contributed by atoms with Crippen molar-refractivity contribution in [1.29, 1.82) is 0 Å². The summed E-state index contributed by atoms with van der Waals surface area (Å²) in [7, 11) is -3.04. The van der Waals surface area contributed by atoms with Crippen molar-refractivity contribution in [2.75, 3.05) is 11.5 Å². The van der Waals surface area contributed by atoms with E-state index in [1.54, 1.807) is 26.8 Å². The predicted octanol–water partition coefficient (Wildman–Crippen LogP) is 0.188. The van der Waals surface area contributed by atoms with Gasteiger partial charge in [-0.3, -0.25) is 9.89 Å². The first-order valence-corrected chi connectivity index (χ1v) is 9.37. The molecule has 0 atom stereocenters. The number of aromatic nitrogens is 3. The van der Waals surface area contributed by atoms with Crippen LogP contribution in [0.15, 0.2) is 12.3 Å². The van der Waals surface area contributed by atoms with E-state index >= 15 is 0 Å². The third-order valence-corrected chi connectivity index (χ3v) is 6.01. The lowest BCUT2D eigenvalue weighted by Crippen LogP contribution is -2.63. The average Bonchev–Trinajstić information content (AvgIpc) is 2.76. The van der Waals surface area contributed by atoms with E-state index in [0.29, 0.717) is 28.7 Å². The lowest BCUT2D eigenvalue weighted by Gasteiger charge is -2.38. The van der Waals surface area contributed by atoms with Crippen LogP contribution in [-0.4, -0.2) is 57.3 Å². The maximum Gasteiger partial charge on any atom is 0.253 e. The summed E-state index contributed by atoms with van der Waals surface area (Å²) in [4.78, 5) is 16.6. The van der Waals surface area contributed by atoms with Crippen LogP contribution < -0.4 is 5.32 Å². The maximum absolute atomic E-state index is 12.4. The molecule has 1 saturated heterocycles. The monoisotopic (exact) mass is 352 g/mol. The molecule has 1 fully saturated rings. The van der Waals surface area contributed by atoms with Gasteiger partial charge in [-0.1, -0.05) is 0 Å². The zero-order valence-corrected chi connectivity index (χ0v) is 14.6. The Balaban J connectivity index is 1.85. The summed E-state index contributed by atoms with van der Waals surface area (Å²) in [6.45, 7) is 5.07. The number of aromatic amines is 1. The molecule has 3 N–H and O–H groups in total. The molecule has 3 rings (SSSR count). The molecule has 0 bridgehead atoms. The van der Waals surface area contributed by atoms with Crippen molar-refractivity contribution in [3.05, 3.63) is 23.5 Å². The summed E-state index contributed by atoms with van der Waals surface area (Å²) in [5.41, 5.74) is -0.186. The lowest BCUT2D eigenvalue weighted by molar-refractivity contribution is 0.0802. The van der Waals surface area contributed by atoms with Crippen molar-refractivity contribution in [1.82, 2.24) is 20.5 Å². The Morgan fingerprint density at radius 3 is 2.71 bits per heavy atom. The van der Waals surface area contributed by atoms with Crippen LogP contribution in [0.3, 0.4) is 0 Å². The standard InChI is InChI=1S/C15H20N4O4S/c1-14(2,21)5-11-10-4-9(6-16-12(10)19-18-11)13(20)17-15(3)7-24(22,23)8-15/h4,6,21H,5,7-8H2,1-3H3,(H,17,20)(H,16,18,19). The quantitative estimate of drug-likeness (QED) is 0.721. The number of pyridine rings is 1. The second-order valence-electron chi connectivity index (χ2n) is 7.33. The molecule has 0 saturated carbocycles. The van der Waals surface area contributed by atoms with Crippen LogP contribution >= 0.6 is 0 Å². The van der Waals surface area contributed by atoms with Gasteiger partial charge in [0.05, 0.1) is 28.2 Å². The number of nitrogens with one attached hydrogen (secondary N) is 2. The van der Waals surface area contributed by atoms with Gasteiger partial charge in [-0.15, -0.1) is 0 Å². The third kappa shape index (κ3) is 3.41. The largest absolute Gasteiger partial charge is 0.390 e. The number of rotatable bonds is 4. The van der Waals surface area contributed by atoms with Gasteiger partial charge < -0.3 is 10.4 Å². The molecule has 0 unspecified atom stereocenters. The Labute approximate surface area is 139 Å². The second kappa shape index (κ2) is 5.25. The first-order valence-electron chi connectivity index (χ1n) is 7.55. The molecule has 0 aromatic carbocycles. The van der Waals surface area contributed by atoms with Crippen LogP contribution in [0.5, 0.6) is 0 Å². The Bertz CT molecular complexity index is 899. The van der Waals surface area contributed by atoms with Crippen LogP contribution in [0, 0.1) is 0 Å². The van der Waals surface area contributed by atoms with Crippen molar-refractivity contribution in [3.63, 3.8) is 0 Å². The molecule has 8 nitrogen and oxygen atoms in total. The zero-order valence-electron chi connectivity index (χ0n) is 13.8. The SMILES string of the molecule is CC(C)(O)Cc1[nH]nc2ncc(C(=O)NC3(C)CS(=O)(=O)C3)cc12. The van der Waals surface area contributed by atoms with Crippen LogP contribution in [0.25, 0.3) is 11.0 Å². The molecule has 24 heavy (non-hydrogen) atoms. The summed E-state index contributed by atoms with van der Waals surface area (Å²) >= 11 is 0. The molecule has 2 aromatic heterocycles. The number of hydrogen-bond donors (Lipinski definition) is 3. The number of carbonyl (C=O) groups is 1. The Morgan fingerprint density at radius 1 is 1.46 bits per heavy atom. The van der Waals surface area contributed by atoms with Gasteiger partial charge in [0.2, 0.25) is 0 Å². The number of nitrogens with zero attached hydrogens (tertiary/aromatic N) is 2. The molecule has 0 radical (unpaired) electrons. The van der Waals surface area contributed by atoms with Gasteiger partial charge >= 0.3 is 0 Å². The molecule has 0 aliphatic carbocycles.